The number of sulfonamides is 1. The number of carboxylic acids is 1. The summed E-state index contributed by atoms with van der Waals surface area (Å²) in [5, 5.41) is 9.04. The molecule has 0 saturated heterocycles. The highest BCUT2D eigenvalue weighted by atomic mass is 32.2. The van der Waals surface area contributed by atoms with Gasteiger partial charge in [0.15, 0.2) is 0 Å². The van der Waals surface area contributed by atoms with Crippen molar-refractivity contribution in [3.05, 3.63) is 29.3 Å². The molecule has 9 heteroatoms. The zero-order valence-electron chi connectivity index (χ0n) is 12.7. The van der Waals surface area contributed by atoms with Crippen molar-refractivity contribution in [3.8, 4) is 0 Å². The number of fused-ring (bicyclic) bond motifs is 1. The lowest BCUT2D eigenvalue weighted by Gasteiger charge is -2.34. The van der Waals surface area contributed by atoms with Gasteiger partial charge in [-0.2, -0.15) is 17.5 Å². The van der Waals surface area contributed by atoms with Gasteiger partial charge < -0.3 is 5.11 Å². The highest BCUT2D eigenvalue weighted by molar-refractivity contribution is 7.89. The number of hydrogen-bond donors (Lipinski definition) is 1. The maximum Gasteiger partial charge on any atom is 0.416 e. The lowest BCUT2D eigenvalue weighted by molar-refractivity contribution is -0.139. The Morgan fingerprint density at radius 1 is 1.26 bits per heavy atom. The Labute approximate surface area is 131 Å². The van der Waals surface area contributed by atoms with Crippen LogP contribution in [0.25, 0.3) is 0 Å². The molecule has 1 heterocycles. The molecule has 0 bridgehead atoms. The molecule has 0 unspecified atom stereocenters. The Bertz CT molecular complexity index is 750. The summed E-state index contributed by atoms with van der Waals surface area (Å²) >= 11 is 0. The fourth-order valence-corrected chi connectivity index (χ4v) is 5.03. The number of carboxylic acid groups (broad SMARTS) is 1. The van der Waals surface area contributed by atoms with E-state index in [1.807, 2.05) is 0 Å². The maximum atomic E-state index is 12.8. The topological polar surface area (TPSA) is 74.7 Å². The Hall–Kier alpha value is -1.61. The molecule has 1 atom stereocenters. The highest BCUT2D eigenvalue weighted by Gasteiger charge is 2.49. The summed E-state index contributed by atoms with van der Waals surface area (Å²) in [4.78, 5) is 10.6. The van der Waals surface area contributed by atoms with E-state index in [1.54, 1.807) is 20.8 Å². The van der Waals surface area contributed by atoms with Crippen molar-refractivity contribution in [1.29, 1.82) is 0 Å². The van der Waals surface area contributed by atoms with Crippen LogP contribution in [0.5, 0.6) is 0 Å². The number of alkyl halides is 3. The van der Waals surface area contributed by atoms with Gasteiger partial charge in [0.2, 0.25) is 10.0 Å². The van der Waals surface area contributed by atoms with Crippen LogP contribution in [-0.2, 0) is 21.0 Å². The fourth-order valence-electron chi connectivity index (χ4n) is 2.80. The minimum atomic E-state index is -4.68. The van der Waals surface area contributed by atoms with E-state index >= 15 is 0 Å². The van der Waals surface area contributed by atoms with E-state index < -0.39 is 50.6 Å². The quantitative estimate of drug-likeness (QED) is 0.889. The van der Waals surface area contributed by atoms with Crippen LogP contribution >= 0.6 is 0 Å². The molecule has 0 amide bonds. The van der Waals surface area contributed by atoms with Crippen molar-refractivity contribution < 1.29 is 31.5 Å². The molecule has 1 aliphatic heterocycles. The summed E-state index contributed by atoms with van der Waals surface area (Å²) in [5.74, 6) is -1.23. The van der Waals surface area contributed by atoms with Gasteiger partial charge in [0.1, 0.15) is 0 Å². The van der Waals surface area contributed by atoms with Crippen LogP contribution in [-0.4, -0.2) is 29.3 Å². The molecule has 128 valence electrons. The molecule has 0 radical (unpaired) electrons. The molecule has 2 rings (SSSR count). The van der Waals surface area contributed by atoms with Gasteiger partial charge in [-0.1, -0.05) is 6.07 Å². The van der Waals surface area contributed by atoms with Gasteiger partial charge in [0.05, 0.1) is 22.9 Å². The second kappa shape index (κ2) is 5.20. The average molecular weight is 351 g/mol. The smallest absolute Gasteiger partial charge is 0.416 e. The number of rotatable bonds is 2. The Kier molecular flexibility index (Phi) is 4.01. The van der Waals surface area contributed by atoms with Crippen molar-refractivity contribution in [2.24, 2.45) is 0 Å². The zero-order chi connectivity index (χ0) is 17.8. The van der Waals surface area contributed by atoms with E-state index in [0.29, 0.717) is 6.07 Å². The largest absolute Gasteiger partial charge is 0.481 e. The van der Waals surface area contributed by atoms with E-state index in [2.05, 4.69) is 0 Å². The number of benzene rings is 1. The number of aliphatic carboxylic acids is 1. The van der Waals surface area contributed by atoms with Gasteiger partial charge >= 0.3 is 12.1 Å². The third-order valence-corrected chi connectivity index (χ3v) is 5.78. The number of carbonyl (C=O) groups is 1. The van der Waals surface area contributed by atoms with Gasteiger partial charge in [-0.15, -0.1) is 0 Å². The first-order valence-electron chi connectivity index (χ1n) is 6.74. The van der Waals surface area contributed by atoms with Gasteiger partial charge in [-0.05, 0) is 38.5 Å². The Morgan fingerprint density at radius 2 is 1.83 bits per heavy atom. The highest BCUT2D eigenvalue weighted by Crippen LogP contribution is 2.47. The van der Waals surface area contributed by atoms with E-state index in [1.165, 1.54) is 0 Å². The number of halogens is 3. The second-order valence-electron chi connectivity index (χ2n) is 6.34. The minimum Gasteiger partial charge on any atom is -0.481 e. The molecule has 1 N–H and O–H groups in total. The van der Waals surface area contributed by atoms with Crippen LogP contribution < -0.4 is 0 Å². The second-order valence-corrected chi connectivity index (χ2v) is 8.12. The summed E-state index contributed by atoms with van der Waals surface area (Å²) in [5.41, 5.74) is -1.98. The summed E-state index contributed by atoms with van der Waals surface area (Å²) in [6.45, 7) is 4.70. The van der Waals surface area contributed by atoms with Gasteiger partial charge in [-0.25, -0.2) is 8.42 Å². The van der Waals surface area contributed by atoms with E-state index in [9.17, 15) is 26.4 Å². The van der Waals surface area contributed by atoms with Crippen LogP contribution in [0.4, 0.5) is 13.2 Å². The molecular weight excluding hydrogens is 335 g/mol. The van der Waals surface area contributed by atoms with E-state index in [-0.39, 0.29) is 5.56 Å². The molecule has 1 aromatic carbocycles. The summed E-state index contributed by atoms with van der Waals surface area (Å²) in [7, 11) is -4.21. The van der Waals surface area contributed by atoms with Crippen molar-refractivity contribution >= 4 is 16.0 Å². The average Bonchev–Trinajstić information content (AvgIpc) is 2.55. The van der Waals surface area contributed by atoms with Crippen LogP contribution in [0.3, 0.4) is 0 Å². The molecule has 23 heavy (non-hydrogen) atoms. The molecule has 0 aliphatic carbocycles. The van der Waals surface area contributed by atoms with E-state index in [0.717, 1.165) is 16.4 Å². The normalized spacial score (nSPS) is 21.2. The molecule has 0 aromatic heterocycles. The first-order chi connectivity index (χ1) is 10.3. The third kappa shape index (κ3) is 3.07. The predicted molar refractivity (Wildman–Crippen MR) is 75.2 cm³/mol. The van der Waals surface area contributed by atoms with Crippen LogP contribution in [0.15, 0.2) is 23.1 Å². The fraction of sp³-hybridized carbons (Fsp3) is 0.500. The SMILES string of the molecule is CC(C)(C)N1[C@@H](CC(=O)O)c2ccc(C(F)(F)F)cc2S1(=O)=O. The molecule has 5 nitrogen and oxygen atoms in total. The first-order valence-corrected chi connectivity index (χ1v) is 8.18. The minimum absolute atomic E-state index is 0.0790. The lowest BCUT2D eigenvalue weighted by atomic mass is 9.98. The molecule has 0 fully saturated rings. The van der Waals surface area contributed by atoms with Gasteiger partial charge in [0, 0.05) is 5.54 Å². The van der Waals surface area contributed by atoms with Crippen molar-refractivity contribution in [3.63, 3.8) is 0 Å². The first kappa shape index (κ1) is 17.7. The molecular formula is C14H16F3NO4S. The van der Waals surface area contributed by atoms with Crippen LogP contribution in [0.2, 0.25) is 0 Å². The van der Waals surface area contributed by atoms with E-state index in [4.69, 9.17) is 5.11 Å². The number of nitrogens with zero attached hydrogens (tertiary/aromatic N) is 1. The molecule has 0 saturated carbocycles. The predicted octanol–water partition coefficient (Wildman–Crippen LogP) is 3.02. The van der Waals surface area contributed by atoms with Crippen LogP contribution in [0, 0.1) is 0 Å². The monoisotopic (exact) mass is 351 g/mol. The zero-order valence-corrected chi connectivity index (χ0v) is 13.5. The Morgan fingerprint density at radius 3 is 2.26 bits per heavy atom. The third-order valence-electron chi connectivity index (χ3n) is 3.55. The maximum absolute atomic E-state index is 12.8. The summed E-state index contributed by atoms with van der Waals surface area (Å²) in [6.07, 6.45) is -5.20. The Balaban J connectivity index is 2.70. The van der Waals surface area contributed by atoms with Gasteiger partial charge in [-0.3, -0.25) is 4.79 Å². The van der Waals surface area contributed by atoms with Crippen LogP contribution in [0.1, 0.15) is 44.4 Å². The lowest BCUT2D eigenvalue weighted by Crippen LogP contribution is -2.44. The standard InChI is InChI=1S/C14H16F3NO4S/c1-13(2,3)18-10(7-12(19)20)9-5-4-8(14(15,16)17)6-11(9)23(18,21)22/h4-6,10H,7H2,1-3H3,(H,19,20)/t10-/m0/s1. The van der Waals surface area contributed by atoms with Crippen molar-refractivity contribution in [2.75, 3.05) is 0 Å². The van der Waals surface area contributed by atoms with Crippen molar-refractivity contribution in [1.82, 2.24) is 4.31 Å². The number of hydrogen-bond acceptors (Lipinski definition) is 3. The summed E-state index contributed by atoms with van der Waals surface area (Å²) in [6, 6.07) is 1.37. The van der Waals surface area contributed by atoms with Gasteiger partial charge in [0.25, 0.3) is 0 Å². The summed E-state index contributed by atoms with van der Waals surface area (Å²) < 4.78 is 64.8. The van der Waals surface area contributed by atoms with Crippen molar-refractivity contribution in [2.45, 2.75) is 49.8 Å². The molecule has 0 spiro atoms. The molecule has 1 aromatic rings. The molecule has 1 aliphatic rings.